The minimum absolute atomic E-state index is 0.0947. The summed E-state index contributed by atoms with van der Waals surface area (Å²) in [5.74, 6) is -0.249. The Morgan fingerprint density at radius 3 is 2.25 bits per heavy atom. The average molecular weight is 393 g/mol. The Kier molecular flexibility index (Phi) is 4.40. The Morgan fingerprint density at radius 2 is 1.61 bits per heavy atom. The van der Waals surface area contributed by atoms with E-state index in [1.165, 1.54) is 16.9 Å². The van der Waals surface area contributed by atoms with Gasteiger partial charge in [0.15, 0.2) is 9.84 Å². The van der Waals surface area contributed by atoms with Crippen molar-refractivity contribution in [2.75, 3.05) is 0 Å². The van der Waals surface area contributed by atoms with Gasteiger partial charge in [-0.1, -0.05) is 48.5 Å². The lowest BCUT2D eigenvalue weighted by atomic mass is 10.2. The highest BCUT2D eigenvalue weighted by Crippen LogP contribution is 2.32. The van der Waals surface area contributed by atoms with E-state index in [-0.39, 0.29) is 16.3 Å². The first-order valence-electron chi connectivity index (χ1n) is 8.44. The van der Waals surface area contributed by atoms with Crippen molar-refractivity contribution in [2.45, 2.75) is 10.6 Å². The predicted molar refractivity (Wildman–Crippen MR) is 105 cm³/mol. The molecule has 0 fully saturated rings. The summed E-state index contributed by atoms with van der Waals surface area (Å²) in [6, 6.07) is 20.2. The van der Waals surface area contributed by atoms with Gasteiger partial charge in [-0.2, -0.15) is 5.10 Å². The van der Waals surface area contributed by atoms with Crippen LogP contribution in [0.1, 0.15) is 5.56 Å². The molecule has 0 unspecified atom stereocenters. The maximum Gasteiger partial charge on any atom is 0.272 e. The number of fused-ring (bicyclic) bond motifs is 1. The Balaban J connectivity index is 1.93. The SMILES string of the molecule is O=[N+]([O-])c1cc(S(=O)(=O)Cc2ccccc2)c2cnn(-c3ccccc3)c2c1. The Labute approximate surface area is 160 Å². The minimum atomic E-state index is -3.82. The fraction of sp³-hybridized carbons (Fsp3) is 0.0500. The molecule has 0 saturated heterocycles. The molecule has 140 valence electrons. The highest BCUT2D eigenvalue weighted by molar-refractivity contribution is 7.90. The number of aromatic nitrogens is 2. The van der Waals surface area contributed by atoms with Crippen LogP contribution in [0.2, 0.25) is 0 Å². The molecule has 4 aromatic rings. The van der Waals surface area contributed by atoms with Gasteiger partial charge in [0.1, 0.15) is 0 Å². The van der Waals surface area contributed by atoms with Crippen molar-refractivity contribution in [1.82, 2.24) is 9.78 Å². The van der Waals surface area contributed by atoms with Crippen LogP contribution >= 0.6 is 0 Å². The molecular formula is C20H15N3O4S. The molecule has 4 rings (SSSR count). The number of nitro benzene ring substituents is 1. The zero-order valence-corrected chi connectivity index (χ0v) is 15.4. The van der Waals surface area contributed by atoms with Gasteiger partial charge in [0.25, 0.3) is 5.69 Å². The van der Waals surface area contributed by atoms with Crippen molar-refractivity contribution in [2.24, 2.45) is 0 Å². The smallest absolute Gasteiger partial charge is 0.258 e. The lowest BCUT2D eigenvalue weighted by molar-refractivity contribution is -0.384. The first-order chi connectivity index (χ1) is 13.5. The number of para-hydroxylation sites is 1. The molecule has 0 bridgehead atoms. The van der Waals surface area contributed by atoms with Gasteiger partial charge in [-0.05, 0) is 17.7 Å². The molecule has 0 radical (unpaired) electrons. The zero-order chi connectivity index (χ0) is 19.7. The van der Waals surface area contributed by atoms with E-state index in [0.717, 1.165) is 6.07 Å². The molecule has 0 aliphatic carbocycles. The predicted octanol–water partition coefficient (Wildman–Crippen LogP) is 3.91. The van der Waals surface area contributed by atoms with Crippen molar-refractivity contribution < 1.29 is 13.3 Å². The summed E-state index contributed by atoms with van der Waals surface area (Å²) in [5, 5.41) is 16.1. The quantitative estimate of drug-likeness (QED) is 0.378. The van der Waals surface area contributed by atoms with Crippen LogP contribution in [0.25, 0.3) is 16.6 Å². The molecule has 0 saturated carbocycles. The standard InChI is InChI=1S/C20H15N3O4S/c24-23(25)17-11-19-18(13-21-22(19)16-9-5-2-6-10-16)20(12-17)28(26,27)14-15-7-3-1-4-8-15/h1-13H,14H2. The number of benzene rings is 3. The fourth-order valence-electron chi connectivity index (χ4n) is 3.09. The highest BCUT2D eigenvalue weighted by atomic mass is 32.2. The molecule has 0 N–H and O–H groups in total. The fourth-order valence-corrected chi connectivity index (χ4v) is 4.67. The Hall–Kier alpha value is -3.52. The third-order valence-corrected chi connectivity index (χ3v) is 6.10. The third-order valence-electron chi connectivity index (χ3n) is 4.38. The molecule has 7 nitrogen and oxygen atoms in total. The van der Waals surface area contributed by atoms with Gasteiger partial charge in [-0.25, -0.2) is 13.1 Å². The van der Waals surface area contributed by atoms with Gasteiger partial charge < -0.3 is 0 Å². The first kappa shape index (κ1) is 17.9. The third kappa shape index (κ3) is 3.25. The van der Waals surface area contributed by atoms with Gasteiger partial charge in [0.05, 0.1) is 33.0 Å². The molecule has 8 heteroatoms. The summed E-state index contributed by atoms with van der Waals surface area (Å²) in [7, 11) is -3.82. The van der Waals surface area contributed by atoms with E-state index in [1.807, 2.05) is 18.2 Å². The van der Waals surface area contributed by atoms with E-state index in [1.54, 1.807) is 42.5 Å². The number of sulfone groups is 1. The van der Waals surface area contributed by atoms with Crippen LogP contribution in [0, 0.1) is 10.1 Å². The molecule has 0 spiro atoms. The highest BCUT2D eigenvalue weighted by Gasteiger charge is 2.25. The molecule has 1 heterocycles. The second-order valence-electron chi connectivity index (χ2n) is 6.27. The lowest BCUT2D eigenvalue weighted by Gasteiger charge is -2.08. The summed E-state index contributed by atoms with van der Waals surface area (Å²) in [6.07, 6.45) is 1.43. The van der Waals surface area contributed by atoms with Crippen molar-refractivity contribution in [1.29, 1.82) is 0 Å². The van der Waals surface area contributed by atoms with Crippen LogP contribution in [0.3, 0.4) is 0 Å². The van der Waals surface area contributed by atoms with Gasteiger partial charge in [-0.15, -0.1) is 0 Å². The largest absolute Gasteiger partial charge is 0.272 e. The topological polar surface area (TPSA) is 95.1 Å². The van der Waals surface area contributed by atoms with Crippen LogP contribution in [0.4, 0.5) is 5.69 Å². The monoisotopic (exact) mass is 393 g/mol. The summed E-state index contributed by atoms with van der Waals surface area (Å²) >= 11 is 0. The van der Waals surface area contributed by atoms with Crippen LogP contribution in [0.15, 0.2) is 83.9 Å². The number of hydrogen-bond acceptors (Lipinski definition) is 5. The minimum Gasteiger partial charge on any atom is -0.258 e. The van der Waals surface area contributed by atoms with Crippen molar-refractivity contribution in [3.8, 4) is 5.69 Å². The second-order valence-corrected chi connectivity index (χ2v) is 8.23. The van der Waals surface area contributed by atoms with Gasteiger partial charge in [-0.3, -0.25) is 10.1 Å². The molecular weight excluding hydrogens is 378 g/mol. The summed E-state index contributed by atoms with van der Waals surface area (Å²) < 4.78 is 27.7. The van der Waals surface area contributed by atoms with Gasteiger partial charge in [0.2, 0.25) is 0 Å². The molecule has 0 aliphatic rings. The van der Waals surface area contributed by atoms with Crippen LogP contribution in [-0.2, 0) is 15.6 Å². The normalized spacial score (nSPS) is 11.6. The van der Waals surface area contributed by atoms with Crippen LogP contribution in [-0.4, -0.2) is 23.1 Å². The molecule has 0 atom stereocenters. The van der Waals surface area contributed by atoms with Gasteiger partial charge in [0, 0.05) is 17.5 Å². The number of nitrogens with zero attached hydrogens (tertiary/aromatic N) is 3. The van der Waals surface area contributed by atoms with Crippen molar-refractivity contribution in [3.63, 3.8) is 0 Å². The number of hydrogen-bond donors (Lipinski definition) is 0. The van der Waals surface area contributed by atoms with Gasteiger partial charge >= 0.3 is 0 Å². The van der Waals surface area contributed by atoms with Crippen molar-refractivity contribution in [3.05, 3.63) is 94.7 Å². The number of non-ortho nitro benzene ring substituents is 1. The van der Waals surface area contributed by atoms with E-state index in [4.69, 9.17) is 0 Å². The van der Waals surface area contributed by atoms with Crippen LogP contribution < -0.4 is 0 Å². The molecule has 1 aromatic heterocycles. The van der Waals surface area contributed by atoms with Crippen LogP contribution in [0.5, 0.6) is 0 Å². The first-order valence-corrected chi connectivity index (χ1v) is 10.1. The molecule has 28 heavy (non-hydrogen) atoms. The average Bonchev–Trinajstić information content (AvgIpc) is 3.12. The summed E-state index contributed by atoms with van der Waals surface area (Å²) in [4.78, 5) is 10.7. The van der Waals surface area contributed by atoms with E-state index >= 15 is 0 Å². The maximum absolute atomic E-state index is 13.1. The van der Waals surface area contributed by atoms with E-state index in [9.17, 15) is 18.5 Å². The zero-order valence-electron chi connectivity index (χ0n) is 14.6. The van der Waals surface area contributed by atoms with E-state index < -0.39 is 14.8 Å². The second kappa shape index (κ2) is 6.90. The Morgan fingerprint density at radius 1 is 0.964 bits per heavy atom. The van der Waals surface area contributed by atoms with Crippen molar-refractivity contribution >= 4 is 26.4 Å². The lowest BCUT2D eigenvalue weighted by Crippen LogP contribution is -2.06. The maximum atomic E-state index is 13.1. The van der Waals surface area contributed by atoms with E-state index in [2.05, 4.69) is 5.10 Å². The Bertz CT molecular complexity index is 1270. The number of nitro groups is 1. The summed E-state index contributed by atoms with van der Waals surface area (Å²) in [6.45, 7) is 0. The molecule has 3 aromatic carbocycles. The van der Waals surface area contributed by atoms with E-state index in [0.29, 0.717) is 22.2 Å². The summed E-state index contributed by atoms with van der Waals surface area (Å²) in [5.41, 5.74) is 1.37. The molecule has 0 aliphatic heterocycles. The number of rotatable bonds is 5. The molecule has 0 amide bonds.